The number of halogens is 1. The zero-order valence-electron chi connectivity index (χ0n) is 12.2. The minimum Gasteiger partial charge on any atom is -0.348 e. The molecule has 0 unspecified atom stereocenters. The first-order valence-electron chi connectivity index (χ1n) is 6.65. The summed E-state index contributed by atoms with van der Waals surface area (Å²) in [5, 5.41) is 0. The molecule has 110 valence electrons. The molecule has 0 aliphatic rings. The molecule has 0 fully saturated rings. The monoisotopic (exact) mass is 280 g/mol. The Bertz CT molecular complexity index is 475. The van der Waals surface area contributed by atoms with Crippen LogP contribution in [0.1, 0.15) is 23.7 Å². The molecule has 1 rings (SSSR count). The summed E-state index contributed by atoms with van der Waals surface area (Å²) in [5.41, 5.74) is 0.336. The minimum absolute atomic E-state index is 0.0505. The van der Waals surface area contributed by atoms with Crippen molar-refractivity contribution in [1.29, 1.82) is 0 Å². The summed E-state index contributed by atoms with van der Waals surface area (Å²) in [4.78, 5) is 27.1. The van der Waals surface area contributed by atoms with Gasteiger partial charge in [-0.2, -0.15) is 0 Å². The molecule has 4 nitrogen and oxygen atoms in total. The summed E-state index contributed by atoms with van der Waals surface area (Å²) in [6, 6.07) is 5.62. The van der Waals surface area contributed by atoms with Crippen LogP contribution in [0.3, 0.4) is 0 Å². The van der Waals surface area contributed by atoms with Crippen LogP contribution in [0.4, 0.5) is 4.39 Å². The van der Waals surface area contributed by atoms with Crippen LogP contribution in [0.25, 0.3) is 0 Å². The smallest absolute Gasteiger partial charge is 0.236 e. The van der Waals surface area contributed by atoms with Crippen LogP contribution in [0.2, 0.25) is 0 Å². The normalized spacial score (nSPS) is 10.7. The third kappa shape index (κ3) is 5.09. The lowest BCUT2D eigenvalue weighted by Gasteiger charge is -2.22. The van der Waals surface area contributed by atoms with E-state index in [4.69, 9.17) is 0 Å². The molecule has 1 aromatic carbocycles. The summed E-state index contributed by atoms with van der Waals surface area (Å²) in [5.74, 6) is -0.655. The van der Waals surface area contributed by atoms with Gasteiger partial charge < -0.3 is 4.90 Å². The van der Waals surface area contributed by atoms with E-state index in [-0.39, 0.29) is 24.8 Å². The Morgan fingerprint density at radius 1 is 1.20 bits per heavy atom. The Kier molecular flexibility index (Phi) is 6.31. The zero-order chi connectivity index (χ0) is 15.1. The summed E-state index contributed by atoms with van der Waals surface area (Å²) in [6.07, 6.45) is 0.844. The van der Waals surface area contributed by atoms with Crippen molar-refractivity contribution in [3.05, 3.63) is 35.6 Å². The third-order valence-corrected chi connectivity index (χ3v) is 2.91. The molecule has 0 N–H and O–H groups in total. The summed E-state index contributed by atoms with van der Waals surface area (Å²) >= 11 is 0. The molecular formula is C15H21FN2O2. The molecular weight excluding hydrogens is 259 g/mol. The number of Topliss-reactive ketones (excluding diaryl/α,β-unsaturated/α-hetero) is 1. The molecule has 0 radical (unpaired) electrons. The van der Waals surface area contributed by atoms with Crippen LogP contribution in [-0.2, 0) is 4.79 Å². The van der Waals surface area contributed by atoms with E-state index in [1.54, 1.807) is 25.1 Å². The van der Waals surface area contributed by atoms with Gasteiger partial charge >= 0.3 is 0 Å². The van der Waals surface area contributed by atoms with Gasteiger partial charge in [0.25, 0.3) is 0 Å². The summed E-state index contributed by atoms with van der Waals surface area (Å²) in [6.45, 7) is 2.96. The number of benzene rings is 1. The van der Waals surface area contributed by atoms with E-state index in [0.29, 0.717) is 12.1 Å². The van der Waals surface area contributed by atoms with Gasteiger partial charge in [-0.15, -0.1) is 0 Å². The van der Waals surface area contributed by atoms with Gasteiger partial charge in [0.1, 0.15) is 5.82 Å². The lowest BCUT2D eigenvalue weighted by molar-refractivity contribution is -0.129. The lowest BCUT2D eigenvalue weighted by Crippen LogP contribution is -2.39. The Morgan fingerprint density at radius 3 is 2.45 bits per heavy atom. The highest BCUT2D eigenvalue weighted by molar-refractivity contribution is 5.97. The van der Waals surface area contributed by atoms with Gasteiger partial charge in [-0.1, -0.05) is 19.1 Å². The number of amides is 1. The molecule has 1 aromatic rings. The number of rotatable bonds is 7. The van der Waals surface area contributed by atoms with Crippen LogP contribution >= 0.6 is 0 Å². The Balaban J connectivity index is 2.70. The van der Waals surface area contributed by atoms with Gasteiger partial charge in [-0.05, 0) is 25.1 Å². The van der Waals surface area contributed by atoms with Crippen molar-refractivity contribution < 1.29 is 14.0 Å². The molecule has 0 saturated carbocycles. The molecule has 0 atom stereocenters. The fourth-order valence-corrected chi connectivity index (χ4v) is 1.82. The largest absolute Gasteiger partial charge is 0.348 e. The van der Waals surface area contributed by atoms with Crippen LogP contribution < -0.4 is 0 Å². The third-order valence-electron chi connectivity index (χ3n) is 2.91. The molecule has 0 saturated heterocycles. The molecule has 0 heterocycles. The quantitative estimate of drug-likeness (QED) is 0.715. The van der Waals surface area contributed by atoms with E-state index in [1.807, 2.05) is 6.92 Å². The Morgan fingerprint density at radius 2 is 1.90 bits per heavy atom. The number of carbonyl (C=O) groups is 2. The van der Waals surface area contributed by atoms with Gasteiger partial charge in [-0.3, -0.25) is 14.5 Å². The highest BCUT2D eigenvalue weighted by Crippen LogP contribution is 2.06. The number of hydrogen-bond donors (Lipinski definition) is 0. The average Bonchev–Trinajstić information content (AvgIpc) is 2.38. The van der Waals surface area contributed by atoms with Gasteiger partial charge in [0, 0.05) is 19.7 Å². The highest BCUT2D eigenvalue weighted by Gasteiger charge is 2.16. The zero-order valence-corrected chi connectivity index (χ0v) is 12.2. The van der Waals surface area contributed by atoms with E-state index < -0.39 is 5.82 Å². The summed E-state index contributed by atoms with van der Waals surface area (Å²) in [7, 11) is 3.36. The molecule has 20 heavy (non-hydrogen) atoms. The maximum Gasteiger partial charge on any atom is 0.236 e. The second-order valence-corrected chi connectivity index (χ2v) is 4.93. The van der Waals surface area contributed by atoms with E-state index in [9.17, 15) is 14.0 Å². The predicted molar refractivity (Wildman–Crippen MR) is 76.2 cm³/mol. The van der Waals surface area contributed by atoms with Crippen molar-refractivity contribution in [1.82, 2.24) is 9.80 Å². The Labute approximate surface area is 119 Å². The van der Waals surface area contributed by atoms with Crippen molar-refractivity contribution in [3.63, 3.8) is 0 Å². The average molecular weight is 280 g/mol. The molecule has 0 spiro atoms. The van der Waals surface area contributed by atoms with Gasteiger partial charge in [0.15, 0.2) is 5.78 Å². The van der Waals surface area contributed by atoms with Crippen LogP contribution in [0.5, 0.6) is 0 Å². The SMILES string of the molecule is CCCN(CC(=O)c1cccc(F)c1)CC(=O)N(C)C. The molecule has 0 aliphatic carbocycles. The van der Waals surface area contributed by atoms with E-state index >= 15 is 0 Å². The number of ketones is 1. The lowest BCUT2D eigenvalue weighted by atomic mass is 10.1. The molecule has 0 aromatic heterocycles. The maximum absolute atomic E-state index is 13.1. The van der Waals surface area contributed by atoms with Crippen LogP contribution in [0.15, 0.2) is 24.3 Å². The second kappa shape index (κ2) is 7.75. The van der Waals surface area contributed by atoms with E-state index in [0.717, 1.165) is 6.42 Å². The number of hydrogen-bond acceptors (Lipinski definition) is 3. The number of carbonyl (C=O) groups excluding carboxylic acids is 2. The van der Waals surface area contributed by atoms with Crippen LogP contribution in [-0.4, -0.2) is 55.2 Å². The molecule has 0 aliphatic heterocycles. The second-order valence-electron chi connectivity index (χ2n) is 4.93. The van der Waals surface area contributed by atoms with Crippen molar-refractivity contribution >= 4 is 11.7 Å². The fourth-order valence-electron chi connectivity index (χ4n) is 1.82. The first-order valence-corrected chi connectivity index (χ1v) is 6.65. The summed E-state index contributed by atoms with van der Waals surface area (Å²) < 4.78 is 13.1. The Hall–Kier alpha value is -1.75. The van der Waals surface area contributed by atoms with Crippen molar-refractivity contribution in [3.8, 4) is 0 Å². The standard InChI is InChI=1S/C15H21FN2O2/c1-4-8-18(11-15(20)17(2)3)10-14(19)12-6-5-7-13(16)9-12/h5-7,9H,4,8,10-11H2,1-3H3. The molecule has 1 amide bonds. The van der Waals surface area contributed by atoms with Crippen molar-refractivity contribution in [2.75, 3.05) is 33.7 Å². The molecule has 0 bridgehead atoms. The first kappa shape index (κ1) is 16.3. The maximum atomic E-state index is 13.1. The van der Waals surface area contributed by atoms with Gasteiger partial charge in [0.05, 0.1) is 13.1 Å². The minimum atomic E-state index is -0.428. The van der Waals surface area contributed by atoms with Crippen molar-refractivity contribution in [2.24, 2.45) is 0 Å². The predicted octanol–water partition coefficient (Wildman–Crippen LogP) is 1.81. The topological polar surface area (TPSA) is 40.6 Å². The molecule has 5 heteroatoms. The fraction of sp³-hybridized carbons (Fsp3) is 0.467. The highest BCUT2D eigenvalue weighted by atomic mass is 19.1. The van der Waals surface area contributed by atoms with Crippen LogP contribution in [0, 0.1) is 5.82 Å². The number of likely N-dealkylation sites (N-methyl/N-ethyl adjacent to an activating group) is 1. The van der Waals surface area contributed by atoms with E-state index in [2.05, 4.69) is 0 Å². The van der Waals surface area contributed by atoms with Gasteiger partial charge in [0.2, 0.25) is 5.91 Å². The number of nitrogens with zero attached hydrogens (tertiary/aromatic N) is 2. The van der Waals surface area contributed by atoms with Gasteiger partial charge in [-0.25, -0.2) is 4.39 Å². The van der Waals surface area contributed by atoms with Crippen molar-refractivity contribution in [2.45, 2.75) is 13.3 Å². The first-order chi connectivity index (χ1) is 9.43. The van der Waals surface area contributed by atoms with E-state index in [1.165, 1.54) is 23.1 Å².